The number of hydrogen-bond donors (Lipinski definition) is 1. The van der Waals surface area contributed by atoms with Gasteiger partial charge < -0.3 is 5.32 Å². The highest BCUT2D eigenvalue weighted by atomic mass is 16.2. The number of ketones is 1. The normalized spacial score (nSPS) is 13.1. The van der Waals surface area contributed by atoms with Crippen LogP contribution in [0.3, 0.4) is 0 Å². The second-order valence-corrected chi connectivity index (χ2v) is 4.80. The molecule has 0 aromatic heterocycles. The van der Waals surface area contributed by atoms with Crippen LogP contribution in [0, 0.1) is 23.2 Å². The molecule has 0 aliphatic heterocycles. The van der Waals surface area contributed by atoms with Gasteiger partial charge in [0.25, 0.3) is 0 Å². The highest BCUT2D eigenvalue weighted by molar-refractivity contribution is 6.04. The Hall–Kier alpha value is -2.15. The fourth-order valence-corrected chi connectivity index (χ4v) is 1.81. The average Bonchev–Trinajstić information content (AvgIpc) is 2.48. The van der Waals surface area contributed by atoms with Crippen molar-refractivity contribution in [3.63, 3.8) is 0 Å². The predicted octanol–water partition coefficient (Wildman–Crippen LogP) is 2.10. The molecule has 0 aliphatic carbocycles. The van der Waals surface area contributed by atoms with E-state index < -0.39 is 11.8 Å². The van der Waals surface area contributed by atoms with Gasteiger partial charge in [-0.25, -0.2) is 0 Å². The van der Waals surface area contributed by atoms with Crippen molar-refractivity contribution in [1.29, 1.82) is 5.26 Å². The van der Waals surface area contributed by atoms with Crippen molar-refractivity contribution >= 4 is 11.7 Å². The lowest BCUT2D eigenvalue weighted by Gasteiger charge is -2.13. The summed E-state index contributed by atoms with van der Waals surface area (Å²) < 4.78 is 0. The molecule has 2 atom stereocenters. The summed E-state index contributed by atoms with van der Waals surface area (Å²) in [7, 11) is 0. The minimum Gasteiger partial charge on any atom is -0.354 e. The first kappa shape index (κ1) is 15.9. The quantitative estimate of drug-likeness (QED) is 0.773. The first-order valence-corrected chi connectivity index (χ1v) is 6.85. The lowest BCUT2D eigenvalue weighted by atomic mass is 9.92. The van der Waals surface area contributed by atoms with E-state index in [0.717, 1.165) is 5.56 Å². The van der Waals surface area contributed by atoms with Gasteiger partial charge in [-0.3, -0.25) is 9.59 Å². The van der Waals surface area contributed by atoms with Gasteiger partial charge in [0.2, 0.25) is 5.91 Å². The van der Waals surface area contributed by atoms with Gasteiger partial charge in [-0.1, -0.05) is 44.2 Å². The largest absolute Gasteiger partial charge is 0.354 e. The van der Waals surface area contributed by atoms with Crippen LogP contribution in [0.15, 0.2) is 30.3 Å². The maximum Gasteiger partial charge on any atom is 0.245 e. The number of rotatable bonds is 7. The standard InChI is InChI=1S/C16H20N2O2/c1-3-12(2)15(19)14(11-17)16(20)18-10-9-13-7-5-4-6-8-13/h4-8,12,14H,3,9-10H2,1-2H3,(H,18,20)/t12-,14-/m1/s1. The molecule has 0 fully saturated rings. The number of nitriles is 1. The second-order valence-electron chi connectivity index (χ2n) is 4.80. The molecule has 0 unspecified atom stereocenters. The van der Waals surface area contributed by atoms with Gasteiger partial charge in [-0.2, -0.15) is 5.26 Å². The van der Waals surface area contributed by atoms with E-state index in [1.807, 2.05) is 37.3 Å². The van der Waals surface area contributed by atoms with Crippen LogP contribution in [0.25, 0.3) is 0 Å². The van der Waals surface area contributed by atoms with E-state index in [2.05, 4.69) is 5.32 Å². The number of benzene rings is 1. The molecular formula is C16H20N2O2. The number of nitrogens with zero attached hydrogens (tertiary/aromatic N) is 1. The summed E-state index contributed by atoms with van der Waals surface area (Å²) in [4.78, 5) is 23.8. The van der Waals surface area contributed by atoms with Gasteiger partial charge in [0.15, 0.2) is 11.7 Å². The van der Waals surface area contributed by atoms with Crippen LogP contribution in [-0.2, 0) is 16.0 Å². The van der Waals surface area contributed by atoms with E-state index in [0.29, 0.717) is 19.4 Å². The molecule has 0 heterocycles. The van der Waals surface area contributed by atoms with Crippen LogP contribution in [0.4, 0.5) is 0 Å². The van der Waals surface area contributed by atoms with E-state index in [9.17, 15) is 9.59 Å². The van der Waals surface area contributed by atoms with Crippen molar-refractivity contribution in [3.8, 4) is 6.07 Å². The molecule has 1 aromatic carbocycles. The molecule has 0 spiro atoms. The first-order valence-electron chi connectivity index (χ1n) is 6.85. The summed E-state index contributed by atoms with van der Waals surface area (Å²) in [5.41, 5.74) is 1.11. The Kier molecular flexibility index (Phi) is 6.45. The Morgan fingerprint density at radius 1 is 1.30 bits per heavy atom. The monoisotopic (exact) mass is 272 g/mol. The van der Waals surface area contributed by atoms with E-state index in [1.165, 1.54) is 0 Å². The summed E-state index contributed by atoms with van der Waals surface area (Å²) in [5.74, 6) is -2.25. The van der Waals surface area contributed by atoms with Crippen molar-refractivity contribution in [2.45, 2.75) is 26.7 Å². The topological polar surface area (TPSA) is 70.0 Å². The molecule has 1 N–H and O–H groups in total. The zero-order chi connectivity index (χ0) is 15.0. The zero-order valence-electron chi connectivity index (χ0n) is 11.9. The Balaban J connectivity index is 2.48. The number of nitrogens with one attached hydrogen (secondary N) is 1. The van der Waals surface area contributed by atoms with Crippen LogP contribution < -0.4 is 5.32 Å². The van der Waals surface area contributed by atoms with Crippen molar-refractivity contribution in [1.82, 2.24) is 5.32 Å². The Morgan fingerprint density at radius 3 is 2.50 bits per heavy atom. The van der Waals surface area contributed by atoms with Crippen molar-refractivity contribution < 1.29 is 9.59 Å². The summed E-state index contributed by atoms with van der Waals surface area (Å²) in [5, 5.41) is 11.7. The fraction of sp³-hybridized carbons (Fsp3) is 0.438. The van der Waals surface area contributed by atoms with Crippen LogP contribution in [0.2, 0.25) is 0 Å². The molecule has 0 bridgehead atoms. The SMILES string of the molecule is CC[C@@H](C)C(=O)[C@@H](C#N)C(=O)NCCc1ccccc1. The van der Waals surface area contributed by atoms with Crippen LogP contribution in [0.1, 0.15) is 25.8 Å². The molecule has 0 saturated carbocycles. The van der Waals surface area contributed by atoms with E-state index in [1.54, 1.807) is 13.0 Å². The molecule has 1 rings (SSSR count). The van der Waals surface area contributed by atoms with E-state index >= 15 is 0 Å². The Labute approximate surface area is 119 Å². The van der Waals surface area contributed by atoms with E-state index in [4.69, 9.17) is 5.26 Å². The number of Topliss-reactive ketones (excluding diaryl/α,β-unsaturated/α-hetero) is 1. The molecule has 4 nitrogen and oxygen atoms in total. The van der Waals surface area contributed by atoms with Gasteiger partial charge in [-0.15, -0.1) is 0 Å². The molecule has 1 aromatic rings. The molecule has 0 saturated heterocycles. The lowest BCUT2D eigenvalue weighted by molar-refractivity contribution is -0.133. The molecule has 0 radical (unpaired) electrons. The molecule has 20 heavy (non-hydrogen) atoms. The average molecular weight is 272 g/mol. The van der Waals surface area contributed by atoms with Crippen LogP contribution in [0.5, 0.6) is 0 Å². The third-order valence-corrected chi connectivity index (χ3v) is 3.33. The van der Waals surface area contributed by atoms with Crippen LogP contribution in [-0.4, -0.2) is 18.2 Å². The zero-order valence-corrected chi connectivity index (χ0v) is 11.9. The number of hydrogen-bond acceptors (Lipinski definition) is 3. The summed E-state index contributed by atoms with van der Waals surface area (Å²) >= 11 is 0. The fourth-order valence-electron chi connectivity index (χ4n) is 1.81. The minimum absolute atomic E-state index is 0.264. The molecular weight excluding hydrogens is 252 g/mol. The van der Waals surface area contributed by atoms with Crippen molar-refractivity contribution in [2.24, 2.45) is 11.8 Å². The van der Waals surface area contributed by atoms with Gasteiger partial charge in [-0.05, 0) is 18.4 Å². The third-order valence-electron chi connectivity index (χ3n) is 3.33. The predicted molar refractivity (Wildman–Crippen MR) is 76.7 cm³/mol. The molecule has 106 valence electrons. The second kappa shape index (κ2) is 8.11. The Morgan fingerprint density at radius 2 is 1.95 bits per heavy atom. The summed E-state index contributed by atoms with van der Waals surface area (Å²) in [6.45, 7) is 4.03. The number of carbonyl (C=O) groups excluding carboxylic acids is 2. The minimum atomic E-state index is -1.19. The van der Waals surface area contributed by atoms with Gasteiger partial charge in [0.05, 0.1) is 6.07 Å². The summed E-state index contributed by atoms with van der Waals surface area (Å²) in [6.07, 6.45) is 1.32. The lowest BCUT2D eigenvalue weighted by Crippen LogP contribution is -2.37. The third kappa shape index (κ3) is 4.51. The van der Waals surface area contributed by atoms with Crippen LogP contribution >= 0.6 is 0 Å². The maximum absolute atomic E-state index is 11.9. The smallest absolute Gasteiger partial charge is 0.245 e. The highest BCUT2D eigenvalue weighted by Crippen LogP contribution is 2.10. The molecule has 4 heteroatoms. The van der Waals surface area contributed by atoms with Gasteiger partial charge in [0.1, 0.15) is 0 Å². The van der Waals surface area contributed by atoms with Crippen molar-refractivity contribution in [3.05, 3.63) is 35.9 Å². The van der Waals surface area contributed by atoms with E-state index in [-0.39, 0.29) is 11.7 Å². The number of amides is 1. The maximum atomic E-state index is 11.9. The summed E-state index contributed by atoms with van der Waals surface area (Å²) in [6, 6.07) is 11.5. The van der Waals surface area contributed by atoms with Gasteiger partial charge in [0, 0.05) is 12.5 Å². The molecule has 0 aliphatic rings. The Bertz CT molecular complexity index is 491. The highest BCUT2D eigenvalue weighted by Gasteiger charge is 2.28. The number of carbonyl (C=O) groups is 2. The first-order chi connectivity index (χ1) is 9.60. The van der Waals surface area contributed by atoms with Gasteiger partial charge >= 0.3 is 0 Å². The molecule has 1 amide bonds. The van der Waals surface area contributed by atoms with Crippen molar-refractivity contribution in [2.75, 3.05) is 6.54 Å².